The molecule has 5 rings (SSSR count). The number of fused-ring (bicyclic) bond motifs is 1. The summed E-state index contributed by atoms with van der Waals surface area (Å²) in [7, 11) is -1.26. The van der Waals surface area contributed by atoms with Crippen LogP contribution >= 0.6 is 0 Å². The third-order valence-electron chi connectivity index (χ3n) is 9.04. The average Bonchev–Trinajstić information content (AvgIpc) is 3.48. The van der Waals surface area contributed by atoms with Crippen molar-refractivity contribution in [3.05, 3.63) is 42.7 Å². The number of esters is 1. The summed E-state index contributed by atoms with van der Waals surface area (Å²) in [5, 5.41) is 3.93. The van der Waals surface area contributed by atoms with Crippen molar-refractivity contribution >= 4 is 32.6 Å². The molecule has 3 aromatic rings. The van der Waals surface area contributed by atoms with Crippen LogP contribution < -0.4 is 14.8 Å². The van der Waals surface area contributed by atoms with E-state index in [0.29, 0.717) is 56.5 Å². The van der Waals surface area contributed by atoms with Crippen LogP contribution in [-0.2, 0) is 24.2 Å². The minimum Gasteiger partial charge on any atom is -0.493 e. The Morgan fingerprint density at radius 2 is 1.77 bits per heavy atom. The molecular formula is C34H47N5O7S. The van der Waals surface area contributed by atoms with E-state index in [-0.39, 0.29) is 47.7 Å². The highest BCUT2D eigenvalue weighted by Gasteiger charge is 2.34. The molecule has 256 valence electrons. The fourth-order valence-electron chi connectivity index (χ4n) is 6.48. The number of carbonyl (C=O) groups excluding carboxylic acids is 2. The lowest BCUT2D eigenvalue weighted by Gasteiger charge is -2.36. The van der Waals surface area contributed by atoms with Crippen molar-refractivity contribution < 1.29 is 32.2 Å². The molecule has 12 nitrogen and oxygen atoms in total. The lowest BCUT2D eigenvalue weighted by molar-refractivity contribution is -0.156. The van der Waals surface area contributed by atoms with E-state index in [1.807, 2.05) is 59.8 Å². The molecule has 2 fully saturated rings. The van der Waals surface area contributed by atoms with Gasteiger partial charge in [0.25, 0.3) is 0 Å². The monoisotopic (exact) mass is 669 g/mol. The van der Waals surface area contributed by atoms with Gasteiger partial charge in [-0.1, -0.05) is 19.9 Å². The first-order valence-electron chi connectivity index (χ1n) is 16.6. The minimum absolute atomic E-state index is 0.0372. The van der Waals surface area contributed by atoms with Gasteiger partial charge in [-0.15, -0.1) is 0 Å². The Balaban J connectivity index is 1.11. The lowest BCUT2D eigenvalue weighted by atomic mass is 9.86. The third-order valence-corrected chi connectivity index (χ3v) is 10.1. The van der Waals surface area contributed by atoms with Crippen molar-refractivity contribution in [3.63, 3.8) is 0 Å². The Bertz CT molecular complexity index is 1630. The summed E-state index contributed by atoms with van der Waals surface area (Å²) < 4.78 is 42.7. The molecule has 1 aromatic carbocycles. The Morgan fingerprint density at radius 3 is 2.45 bits per heavy atom. The van der Waals surface area contributed by atoms with E-state index in [1.54, 1.807) is 13.2 Å². The number of nitrogens with zero attached hydrogens (tertiary/aromatic N) is 4. The normalized spacial score (nSPS) is 19.9. The summed E-state index contributed by atoms with van der Waals surface area (Å²) in [4.78, 5) is 36.8. The number of ether oxygens (including phenoxy) is 3. The number of nitrogens with one attached hydrogen (secondary N) is 1. The van der Waals surface area contributed by atoms with Gasteiger partial charge in [-0.05, 0) is 63.3 Å². The van der Waals surface area contributed by atoms with Gasteiger partial charge in [0.2, 0.25) is 5.91 Å². The molecule has 0 unspecified atom stereocenters. The SMILES string of the molecule is CN[C@H](C(=O)OC1CCN(C(=O)C2CCC(Oc3nccc(-n4ccc5c(OCCCS(C)(=O)=O)cccc54)n3)CC2)CC1)C(C)C. The smallest absolute Gasteiger partial charge is 0.323 e. The molecule has 0 radical (unpaired) electrons. The van der Waals surface area contributed by atoms with Crippen LogP contribution in [0.15, 0.2) is 42.7 Å². The molecule has 0 spiro atoms. The second kappa shape index (κ2) is 15.5. The van der Waals surface area contributed by atoms with Crippen LogP contribution in [-0.4, -0.2) is 96.7 Å². The number of aromatic nitrogens is 3. The Kier molecular flexibility index (Phi) is 11.4. The van der Waals surface area contributed by atoms with Gasteiger partial charge in [0.1, 0.15) is 39.7 Å². The van der Waals surface area contributed by atoms with Crippen LogP contribution in [0, 0.1) is 11.8 Å². The minimum atomic E-state index is -3.03. The number of rotatable bonds is 13. The maximum absolute atomic E-state index is 13.3. The van der Waals surface area contributed by atoms with Gasteiger partial charge in [0, 0.05) is 62.0 Å². The predicted molar refractivity (Wildman–Crippen MR) is 178 cm³/mol. The van der Waals surface area contributed by atoms with Crippen LogP contribution in [0.2, 0.25) is 0 Å². The highest BCUT2D eigenvalue weighted by Crippen LogP contribution is 2.31. The number of likely N-dealkylation sites (tertiary alicyclic amines) is 1. The molecule has 1 amide bonds. The van der Waals surface area contributed by atoms with Crippen molar-refractivity contribution in [1.82, 2.24) is 24.8 Å². The number of sulfone groups is 1. The van der Waals surface area contributed by atoms with Crippen molar-refractivity contribution in [1.29, 1.82) is 0 Å². The zero-order valence-corrected chi connectivity index (χ0v) is 28.6. The summed E-state index contributed by atoms with van der Waals surface area (Å²) >= 11 is 0. The second-order valence-electron chi connectivity index (χ2n) is 13.0. The van der Waals surface area contributed by atoms with Gasteiger partial charge in [-0.3, -0.25) is 9.59 Å². The topological polar surface area (TPSA) is 142 Å². The maximum atomic E-state index is 13.3. The largest absolute Gasteiger partial charge is 0.493 e. The molecule has 2 aromatic heterocycles. The molecule has 47 heavy (non-hydrogen) atoms. The zero-order valence-electron chi connectivity index (χ0n) is 27.8. The average molecular weight is 670 g/mol. The summed E-state index contributed by atoms with van der Waals surface area (Å²) in [5.74, 6) is 1.49. The van der Waals surface area contributed by atoms with E-state index in [1.165, 1.54) is 6.26 Å². The first kappa shape index (κ1) is 34.6. The van der Waals surface area contributed by atoms with Crippen LogP contribution in [0.3, 0.4) is 0 Å². The first-order chi connectivity index (χ1) is 22.5. The molecule has 1 saturated carbocycles. The third kappa shape index (κ3) is 9.01. The van der Waals surface area contributed by atoms with Crippen molar-refractivity contribution in [3.8, 4) is 17.6 Å². The molecule has 1 saturated heterocycles. The van der Waals surface area contributed by atoms with Gasteiger partial charge < -0.3 is 29.0 Å². The fourth-order valence-corrected chi connectivity index (χ4v) is 7.12. The molecular weight excluding hydrogens is 622 g/mol. The van der Waals surface area contributed by atoms with E-state index in [4.69, 9.17) is 14.2 Å². The Hall–Kier alpha value is -3.71. The van der Waals surface area contributed by atoms with Crippen molar-refractivity contribution in [2.75, 3.05) is 38.8 Å². The summed E-state index contributed by atoms with van der Waals surface area (Å²) in [6.45, 7) is 5.49. The molecule has 1 atom stereocenters. The van der Waals surface area contributed by atoms with Gasteiger partial charge >= 0.3 is 12.0 Å². The zero-order chi connectivity index (χ0) is 33.6. The van der Waals surface area contributed by atoms with Crippen LogP contribution in [0.1, 0.15) is 58.8 Å². The first-order valence-corrected chi connectivity index (χ1v) is 18.7. The number of hydrogen-bond acceptors (Lipinski definition) is 10. The number of amides is 1. The molecule has 1 aliphatic carbocycles. The number of hydrogen-bond donors (Lipinski definition) is 1. The predicted octanol–water partition coefficient (Wildman–Crippen LogP) is 3.95. The second-order valence-corrected chi connectivity index (χ2v) is 15.2. The van der Waals surface area contributed by atoms with Crippen molar-refractivity contribution in [2.45, 2.75) is 77.0 Å². The number of benzene rings is 1. The molecule has 13 heteroatoms. The molecule has 1 aliphatic heterocycles. The molecule has 1 N–H and O–H groups in total. The number of carbonyl (C=O) groups is 2. The quantitative estimate of drug-likeness (QED) is 0.210. The van der Waals surface area contributed by atoms with E-state index in [2.05, 4.69) is 15.3 Å². The maximum Gasteiger partial charge on any atom is 0.323 e. The van der Waals surface area contributed by atoms with Gasteiger partial charge in [-0.2, -0.15) is 4.98 Å². The van der Waals surface area contributed by atoms with Crippen LogP contribution in [0.25, 0.3) is 16.7 Å². The van der Waals surface area contributed by atoms with Gasteiger partial charge in [0.05, 0.1) is 17.9 Å². The van der Waals surface area contributed by atoms with Crippen LogP contribution in [0.5, 0.6) is 11.8 Å². The van der Waals surface area contributed by atoms with Crippen molar-refractivity contribution in [2.24, 2.45) is 11.8 Å². The summed E-state index contributed by atoms with van der Waals surface area (Å²) in [6.07, 6.45) is 9.29. The van der Waals surface area contributed by atoms with Crippen LogP contribution in [0.4, 0.5) is 0 Å². The molecule has 3 heterocycles. The summed E-state index contributed by atoms with van der Waals surface area (Å²) in [6, 6.07) is 9.47. The number of likely N-dealkylation sites (N-methyl/N-ethyl adjacent to an activating group) is 1. The highest BCUT2D eigenvalue weighted by atomic mass is 32.2. The Labute approximate surface area is 277 Å². The van der Waals surface area contributed by atoms with Gasteiger partial charge in [0.15, 0.2) is 0 Å². The lowest BCUT2D eigenvalue weighted by Crippen LogP contribution is -2.47. The summed E-state index contributed by atoms with van der Waals surface area (Å²) in [5.41, 5.74) is 0.897. The standard InChI is InChI=1S/C34H47N5O7S/c1-23(2)31(35-3)33(41)45-26-14-18-38(19-15-26)32(40)24-9-11-25(12-10-24)46-34-36-17-13-30(37-34)39-20-16-27-28(39)7-5-8-29(27)44-21-6-22-47(4,42)43/h5,7-8,13,16-17,20,23-26,31,35H,6,9-12,14-15,18-19,21-22H2,1-4H3/t24?,25?,31-/m0/s1. The number of piperidine rings is 1. The van der Waals surface area contributed by atoms with E-state index < -0.39 is 9.84 Å². The Morgan fingerprint density at radius 1 is 1.02 bits per heavy atom. The highest BCUT2D eigenvalue weighted by molar-refractivity contribution is 7.90. The fraction of sp³-hybridized carbons (Fsp3) is 0.588. The molecule has 2 aliphatic rings. The van der Waals surface area contributed by atoms with E-state index in [0.717, 1.165) is 36.6 Å². The molecule has 0 bridgehead atoms. The van der Waals surface area contributed by atoms with E-state index in [9.17, 15) is 18.0 Å². The van der Waals surface area contributed by atoms with E-state index >= 15 is 0 Å². The van der Waals surface area contributed by atoms with Gasteiger partial charge in [-0.25, -0.2) is 13.4 Å².